The summed E-state index contributed by atoms with van der Waals surface area (Å²) in [6, 6.07) is 7.55. The standard InChI is InChI=1S/C17H20N4O5S/c1-12-11-16(19-26-12)17(23)20-7-9-21(10-8-20)27(24,25)15-5-3-14(4-6-15)18-13(2)22/h3-6,11H,7-10H2,1-2H3,(H,18,22). The van der Waals surface area contributed by atoms with Gasteiger partial charge in [-0.15, -0.1) is 0 Å². The van der Waals surface area contributed by atoms with E-state index >= 15 is 0 Å². The summed E-state index contributed by atoms with van der Waals surface area (Å²) in [5.41, 5.74) is 0.747. The molecule has 2 amide bonds. The van der Waals surface area contributed by atoms with Crippen molar-refractivity contribution in [3.63, 3.8) is 0 Å². The summed E-state index contributed by atoms with van der Waals surface area (Å²) in [5.74, 6) is 0.0412. The molecule has 144 valence electrons. The van der Waals surface area contributed by atoms with Crippen LogP contribution in [-0.4, -0.2) is 60.8 Å². The SMILES string of the molecule is CC(=O)Nc1ccc(S(=O)(=O)N2CCN(C(=O)c3cc(C)on3)CC2)cc1. The van der Waals surface area contributed by atoms with E-state index in [9.17, 15) is 18.0 Å². The Hall–Kier alpha value is -2.72. The average molecular weight is 392 g/mol. The van der Waals surface area contributed by atoms with Gasteiger partial charge in [-0.05, 0) is 31.2 Å². The molecule has 1 aliphatic heterocycles. The normalized spacial score (nSPS) is 15.6. The molecule has 10 heteroatoms. The number of hydrogen-bond donors (Lipinski definition) is 1. The molecule has 0 aliphatic carbocycles. The van der Waals surface area contributed by atoms with E-state index in [2.05, 4.69) is 10.5 Å². The Labute approximate surface area is 157 Å². The van der Waals surface area contributed by atoms with Gasteiger partial charge in [-0.2, -0.15) is 4.31 Å². The van der Waals surface area contributed by atoms with Crippen LogP contribution in [0.5, 0.6) is 0 Å². The summed E-state index contributed by atoms with van der Waals surface area (Å²) in [6.45, 7) is 4.01. The van der Waals surface area contributed by atoms with Crippen molar-refractivity contribution in [3.05, 3.63) is 41.8 Å². The predicted molar refractivity (Wildman–Crippen MR) is 96.6 cm³/mol. The third kappa shape index (κ3) is 4.17. The molecule has 1 aliphatic rings. The first-order valence-corrected chi connectivity index (χ1v) is 9.82. The second-order valence-electron chi connectivity index (χ2n) is 6.22. The molecule has 27 heavy (non-hydrogen) atoms. The highest BCUT2D eigenvalue weighted by molar-refractivity contribution is 7.89. The highest BCUT2D eigenvalue weighted by Crippen LogP contribution is 2.20. The van der Waals surface area contributed by atoms with E-state index in [0.717, 1.165) is 0 Å². The first kappa shape index (κ1) is 19.1. The van der Waals surface area contributed by atoms with Crippen LogP contribution < -0.4 is 5.32 Å². The number of aryl methyl sites for hydroxylation is 1. The first-order valence-electron chi connectivity index (χ1n) is 8.38. The molecule has 0 radical (unpaired) electrons. The van der Waals surface area contributed by atoms with E-state index in [1.807, 2.05) is 0 Å². The Morgan fingerprint density at radius 2 is 1.74 bits per heavy atom. The molecule has 1 fully saturated rings. The zero-order chi connectivity index (χ0) is 19.6. The number of nitrogens with one attached hydrogen (secondary N) is 1. The van der Waals surface area contributed by atoms with Crippen molar-refractivity contribution >= 4 is 27.5 Å². The summed E-state index contributed by atoms with van der Waals surface area (Å²) in [7, 11) is -3.67. The third-order valence-corrected chi connectivity index (χ3v) is 6.10. The van der Waals surface area contributed by atoms with Crippen LogP contribution in [0.15, 0.2) is 39.8 Å². The van der Waals surface area contributed by atoms with Crippen molar-refractivity contribution < 1.29 is 22.5 Å². The van der Waals surface area contributed by atoms with Crippen molar-refractivity contribution in [1.29, 1.82) is 0 Å². The van der Waals surface area contributed by atoms with Gasteiger partial charge in [0.2, 0.25) is 15.9 Å². The average Bonchev–Trinajstić information content (AvgIpc) is 3.07. The Morgan fingerprint density at radius 1 is 1.11 bits per heavy atom. The summed E-state index contributed by atoms with van der Waals surface area (Å²) in [6.07, 6.45) is 0. The number of rotatable bonds is 4. The molecule has 0 saturated carbocycles. The lowest BCUT2D eigenvalue weighted by atomic mass is 10.3. The Bertz CT molecular complexity index is 944. The summed E-state index contributed by atoms with van der Waals surface area (Å²) in [5, 5.41) is 6.30. The number of anilines is 1. The van der Waals surface area contributed by atoms with Crippen LogP contribution in [0.1, 0.15) is 23.2 Å². The van der Waals surface area contributed by atoms with E-state index in [-0.39, 0.29) is 48.6 Å². The molecule has 9 nitrogen and oxygen atoms in total. The van der Waals surface area contributed by atoms with Gasteiger partial charge in [0.25, 0.3) is 5.91 Å². The minimum absolute atomic E-state index is 0.142. The van der Waals surface area contributed by atoms with Gasteiger partial charge < -0.3 is 14.7 Å². The molecular weight excluding hydrogens is 372 g/mol. The maximum absolute atomic E-state index is 12.8. The zero-order valence-corrected chi connectivity index (χ0v) is 15.8. The maximum Gasteiger partial charge on any atom is 0.276 e. The van der Waals surface area contributed by atoms with E-state index in [4.69, 9.17) is 4.52 Å². The van der Waals surface area contributed by atoms with Gasteiger partial charge in [0.05, 0.1) is 4.90 Å². The van der Waals surface area contributed by atoms with Crippen molar-refractivity contribution in [2.24, 2.45) is 0 Å². The number of piperazine rings is 1. The number of aromatic nitrogens is 1. The van der Waals surface area contributed by atoms with Crippen LogP contribution in [-0.2, 0) is 14.8 Å². The van der Waals surface area contributed by atoms with E-state index < -0.39 is 10.0 Å². The van der Waals surface area contributed by atoms with Crippen LogP contribution in [0.25, 0.3) is 0 Å². The van der Waals surface area contributed by atoms with E-state index in [1.165, 1.54) is 23.4 Å². The summed E-state index contributed by atoms with van der Waals surface area (Å²) >= 11 is 0. The van der Waals surface area contributed by atoms with E-state index in [1.54, 1.807) is 30.0 Å². The molecule has 2 aromatic rings. The van der Waals surface area contributed by atoms with Gasteiger partial charge in [0.1, 0.15) is 5.76 Å². The van der Waals surface area contributed by atoms with Gasteiger partial charge in [0.15, 0.2) is 5.69 Å². The topological polar surface area (TPSA) is 113 Å². The van der Waals surface area contributed by atoms with Gasteiger partial charge in [0, 0.05) is 44.9 Å². The highest BCUT2D eigenvalue weighted by atomic mass is 32.2. The molecule has 1 aromatic carbocycles. The lowest BCUT2D eigenvalue weighted by Crippen LogP contribution is -2.50. The van der Waals surface area contributed by atoms with Crippen molar-refractivity contribution in [3.8, 4) is 0 Å². The smallest absolute Gasteiger partial charge is 0.276 e. The van der Waals surface area contributed by atoms with Gasteiger partial charge in [-0.3, -0.25) is 9.59 Å². The number of amides is 2. The molecule has 3 rings (SSSR count). The molecule has 0 unspecified atom stereocenters. The lowest BCUT2D eigenvalue weighted by molar-refractivity contribution is -0.114. The molecule has 1 aromatic heterocycles. The van der Waals surface area contributed by atoms with Gasteiger partial charge in [-0.1, -0.05) is 5.16 Å². The molecule has 0 bridgehead atoms. The minimum atomic E-state index is -3.67. The fourth-order valence-corrected chi connectivity index (χ4v) is 4.25. The fraction of sp³-hybridized carbons (Fsp3) is 0.353. The Kier molecular flexibility index (Phi) is 5.29. The number of carbonyl (C=O) groups excluding carboxylic acids is 2. The fourth-order valence-electron chi connectivity index (χ4n) is 2.82. The lowest BCUT2D eigenvalue weighted by Gasteiger charge is -2.33. The summed E-state index contributed by atoms with van der Waals surface area (Å²) < 4.78 is 31.8. The molecule has 1 N–H and O–H groups in total. The van der Waals surface area contributed by atoms with Crippen molar-refractivity contribution in [2.75, 3.05) is 31.5 Å². The number of hydrogen-bond acceptors (Lipinski definition) is 6. The Balaban J connectivity index is 1.65. The first-order chi connectivity index (χ1) is 12.8. The predicted octanol–water partition coefficient (Wildman–Crippen LogP) is 1.09. The molecule has 0 atom stereocenters. The van der Waals surface area contributed by atoms with Crippen LogP contribution in [0.4, 0.5) is 5.69 Å². The van der Waals surface area contributed by atoms with E-state index in [0.29, 0.717) is 11.4 Å². The minimum Gasteiger partial charge on any atom is -0.361 e. The summed E-state index contributed by atoms with van der Waals surface area (Å²) in [4.78, 5) is 25.1. The zero-order valence-electron chi connectivity index (χ0n) is 15.0. The quantitative estimate of drug-likeness (QED) is 0.833. The maximum atomic E-state index is 12.8. The molecular formula is C17H20N4O5S. The number of nitrogens with zero attached hydrogens (tertiary/aromatic N) is 3. The number of benzene rings is 1. The molecule has 1 saturated heterocycles. The van der Waals surface area contributed by atoms with Crippen LogP contribution in [0.2, 0.25) is 0 Å². The Morgan fingerprint density at radius 3 is 2.26 bits per heavy atom. The largest absolute Gasteiger partial charge is 0.361 e. The monoisotopic (exact) mass is 392 g/mol. The van der Waals surface area contributed by atoms with Gasteiger partial charge >= 0.3 is 0 Å². The van der Waals surface area contributed by atoms with Gasteiger partial charge in [-0.25, -0.2) is 8.42 Å². The third-order valence-electron chi connectivity index (χ3n) is 4.19. The van der Waals surface area contributed by atoms with Crippen LogP contribution in [0.3, 0.4) is 0 Å². The number of carbonyl (C=O) groups is 2. The van der Waals surface area contributed by atoms with Crippen LogP contribution in [0, 0.1) is 6.92 Å². The highest BCUT2D eigenvalue weighted by Gasteiger charge is 2.31. The number of sulfonamides is 1. The molecule has 0 spiro atoms. The molecule has 2 heterocycles. The van der Waals surface area contributed by atoms with Crippen LogP contribution >= 0.6 is 0 Å². The van der Waals surface area contributed by atoms with Crippen molar-refractivity contribution in [2.45, 2.75) is 18.7 Å². The second-order valence-corrected chi connectivity index (χ2v) is 8.16. The van der Waals surface area contributed by atoms with Crippen molar-refractivity contribution in [1.82, 2.24) is 14.4 Å². The second kappa shape index (κ2) is 7.49.